The van der Waals surface area contributed by atoms with Crippen molar-refractivity contribution in [1.82, 2.24) is 9.80 Å². The number of aliphatic hydroxyl groups is 1. The Morgan fingerprint density at radius 2 is 1.75 bits per heavy atom. The maximum atomic E-state index is 11.9. The SMILES string of the molecule is CCC(CC)N(CCO)C(C)C(=O)N(C)C. The summed E-state index contributed by atoms with van der Waals surface area (Å²) in [6.07, 6.45) is 2.00. The van der Waals surface area contributed by atoms with Gasteiger partial charge in [0.1, 0.15) is 0 Å². The normalized spacial score (nSPS) is 13.2. The first-order valence-electron chi connectivity index (χ1n) is 6.07. The summed E-state index contributed by atoms with van der Waals surface area (Å²) in [6, 6.07) is 0.207. The van der Waals surface area contributed by atoms with Gasteiger partial charge in [-0.2, -0.15) is 0 Å². The van der Waals surface area contributed by atoms with Gasteiger partial charge in [-0.3, -0.25) is 9.69 Å². The largest absolute Gasteiger partial charge is 0.395 e. The highest BCUT2D eigenvalue weighted by atomic mass is 16.3. The van der Waals surface area contributed by atoms with Crippen LogP contribution in [0, 0.1) is 0 Å². The van der Waals surface area contributed by atoms with Crippen LogP contribution in [0.15, 0.2) is 0 Å². The van der Waals surface area contributed by atoms with Crippen LogP contribution >= 0.6 is 0 Å². The van der Waals surface area contributed by atoms with Gasteiger partial charge in [0.15, 0.2) is 0 Å². The van der Waals surface area contributed by atoms with Crippen LogP contribution in [0.2, 0.25) is 0 Å². The Hall–Kier alpha value is -0.610. The topological polar surface area (TPSA) is 43.8 Å². The van der Waals surface area contributed by atoms with Gasteiger partial charge in [-0.05, 0) is 19.8 Å². The summed E-state index contributed by atoms with van der Waals surface area (Å²) in [6.45, 7) is 6.81. The molecule has 16 heavy (non-hydrogen) atoms. The second kappa shape index (κ2) is 7.63. The van der Waals surface area contributed by atoms with E-state index >= 15 is 0 Å². The van der Waals surface area contributed by atoms with Crippen molar-refractivity contribution in [3.8, 4) is 0 Å². The number of hydrogen-bond donors (Lipinski definition) is 1. The first-order chi connectivity index (χ1) is 7.49. The fourth-order valence-corrected chi connectivity index (χ4v) is 2.08. The summed E-state index contributed by atoms with van der Waals surface area (Å²) >= 11 is 0. The molecular weight excluding hydrogens is 204 g/mol. The Morgan fingerprint density at radius 1 is 1.25 bits per heavy atom. The summed E-state index contributed by atoms with van der Waals surface area (Å²) in [5.41, 5.74) is 0. The van der Waals surface area contributed by atoms with E-state index in [1.54, 1.807) is 19.0 Å². The van der Waals surface area contributed by atoms with Gasteiger partial charge < -0.3 is 10.0 Å². The molecule has 1 amide bonds. The molecule has 0 spiro atoms. The summed E-state index contributed by atoms with van der Waals surface area (Å²) in [5, 5.41) is 9.08. The zero-order valence-corrected chi connectivity index (χ0v) is 11.2. The van der Waals surface area contributed by atoms with Gasteiger partial charge in [-0.1, -0.05) is 13.8 Å². The Bertz CT molecular complexity index is 203. The predicted molar refractivity (Wildman–Crippen MR) is 66.3 cm³/mol. The van der Waals surface area contributed by atoms with E-state index in [1.807, 2.05) is 6.92 Å². The third-order valence-corrected chi connectivity index (χ3v) is 3.07. The van der Waals surface area contributed by atoms with E-state index < -0.39 is 0 Å². The number of nitrogens with zero attached hydrogens (tertiary/aromatic N) is 2. The first kappa shape index (κ1) is 15.4. The minimum absolute atomic E-state index is 0.0975. The van der Waals surface area contributed by atoms with Crippen molar-refractivity contribution in [2.75, 3.05) is 27.2 Å². The van der Waals surface area contributed by atoms with E-state index in [0.29, 0.717) is 12.6 Å². The Labute approximate surface area is 99.2 Å². The lowest BCUT2D eigenvalue weighted by Gasteiger charge is -2.35. The molecule has 0 bridgehead atoms. The summed E-state index contributed by atoms with van der Waals surface area (Å²) < 4.78 is 0. The highest BCUT2D eigenvalue weighted by Gasteiger charge is 2.26. The molecular formula is C12H26N2O2. The molecule has 0 aliphatic rings. The van der Waals surface area contributed by atoms with Gasteiger partial charge in [0.2, 0.25) is 5.91 Å². The first-order valence-corrected chi connectivity index (χ1v) is 6.07. The standard InChI is InChI=1S/C12H26N2O2/c1-6-11(7-2)14(8-9-15)10(3)12(16)13(4)5/h10-11,15H,6-9H2,1-5H3. The number of carbonyl (C=O) groups is 1. The molecule has 1 unspecified atom stereocenters. The number of amides is 1. The van der Waals surface area contributed by atoms with Crippen LogP contribution in [-0.4, -0.2) is 60.1 Å². The molecule has 0 aromatic heterocycles. The van der Waals surface area contributed by atoms with Crippen molar-refractivity contribution in [2.45, 2.75) is 45.7 Å². The van der Waals surface area contributed by atoms with E-state index in [1.165, 1.54) is 0 Å². The van der Waals surface area contributed by atoms with Crippen molar-refractivity contribution in [3.05, 3.63) is 0 Å². The third kappa shape index (κ3) is 4.10. The van der Waals surface area contributed by atoms with Crippen molar-refractivity contribution in [3.63, 3.8) is 0 Å². The summed E-state index contributed by atoms with van der Waals surface area (Å²) in [4.78, 5) is 15.6. The molecule has 96 valence electrons. The average molecular weight is 230 g/mol. The smallest absolute Gasteiger partial charge is 0.239 e. The monoisotopic (exact) mass is 230 g/mol. The van der Waals surface area contributed by atoms with Crippen LogP contribution in [0.3, 0.4) is 0 Å². The number of carbonyl (C=O) groups excluding carboxylic acids is 1. The maximum Gasteiger partial charge on any atom is 0.239 e. The second-order valence-corrected chi connectivity index (χ2v) is 4.34. The molecule has 4 heteroatoms. The van der Waals surface area contributed by atoms with Crippen LogP contribution in [0.5, 0.6) is 0 Å². The van der Waals surface area contributed by atoms with E-state index in [2.05, 4.69) is 18.7 Å². The van der Waals surface area contributed by atoms with Crippen molar-refractivity contribution >= 4 is 5.91 Å². The minimum atomic E-state index is -0.160. The van der Waals surface area contributed by atoms with Gasteiger partial charge >= 0.3 is 0 Å². The van der Waals surface area contributed by atoms with Crippen LogP contribution in [0.25, 0.3) is 0 Å². The molecule has 0 saturated heterocycles. The van der Waals surface area contributed by atoms with Crippen LogP contribution in [0.4, 0.5) is 0 Å². The quantitative estimate of drug-likeness (QED) is 0.708. The minimum Gasteiger partial charge on any atom is -0.395 e. The molecule has 1 N–H and O–H groups in total. The van der Waals surface area contributed by atoms with Crippen molar-refractivity contribution in [2.24, 2.45) is 0 Å². The second-order valence-electron chi connectivity index (χ2n) is 4.34. The van der Waals surface area contributed by atoms with Gasteiger partial charge in [0, 0.05) is 26.7 Å². The molecule has 0 fully saturated rings. The van der Waals surface area contributed by atoms with Gasteiger partial charge in [-0.25, -0.2) is 0 Å². The summed E-state index contributed by atoms with van der Waals surface area (Å²) in [7, 11) is 3.53. The molecule has 0 saturated carbocycles. The molecule has 1 atom stereocenters. The molecule has 0 aromatic rings. The summed E-state index contributed by atoms with van der Waals surface area (Å²) in [5.74, 6) is 0.0975. The lowest BCUT2D eigenvalue weighted by atomic mass is 10.1. The van der Waals surface area contributed by atoms with Gasteiger partial charge in [0.25, 0.3) is 0 Å². The van der Waals surface area contributed by atoms with Crippen LogP contribution in [-0.2, 0) is 4.79 Å². The van der Waals surface area contributed by atoms with Gasteiger partial charge in [0.05, 0.1) is 12.6 Å². The molecule has 0 aromatic carbocycles. The van der Waals surface area contributed by atoms with Crippen molar-refractivity contribution < 1.29 is 9.90 Å². The Balaban J connectivity index is 4.68. The molecule has 0 radical (unpaired) electrons. The van der Waals surface area contributed by atoms with Crippen LogP contribution in [0.1, 0.15) is 33.6 Å². The number of aliphatic hydroxyl groups excluding tert-OH is 1. The fraction of sp³-hybridized carbons (Fsp3) is 0.917. The number of hydrogen-bond acceptors (Lipinski definition) is 3. The number of likely N-dealkylation sites (N-methyl/N-ethyl adjacent to an activating group) is 1. The predicted octanol–water partition coefficient (Wildman–Crippen LogP) is 0.946. The molecule has 4 nitrogen and oxygen atoms in total. The number of rotatable bonds is 7. The van der Waals surface area contributed by atoms with E-state index in [-0.39, 0.29) is 18.6 Å². The Kier molecular flexibility index (Phi) is 7.34. The maximum absolute atomic E-state index is 11.9. The van der Waals surface area contributed by atoms with Crippen LogP contribution < -0.4 is 0 Å². The highest BCUT2D eigenvalue weighted by Crippen LogP contribution is 2.13. The molecule has 0 rings (SSSR count). The molecule has 0 aliphatic heterocycles. The fourth-order valence-electron chi connectivity index (χ4n) is 2.08. The zero-order chi connectivity index (χ0) is 12.7. The van der Waals surface area contributed by atoms with Gasteiger partial charge in [-0.15, -0.1) is 0 Å². The molecule has 0 aliphatic carbocycles. The lowest BCUT2D eigenvalue weighted by molar-refractivity contribution is -0.135. The highest BCUT2D eigenvalue weighted by molar-refractivity contribution is 5.80. The third-order valence-electron chi connectivity index (χ3n) is 3.07. The van der Waals surface area contributed by atoms with E-state index in [4.69, 9.17) is 5.11 Å². The van der Waals surface area contributed by atoms with E-state index in [9.17, 15) is 4.79 Å². The van der Waals surface area contributed by atoms with E-state index in [0.717, 1.165) is 12.8 Å². The average Bonchev–Trinajstić information content (AvgIpc) is 2.27. The lowest BCUT2D eigenvalue weighted by Crippen LogP contribution is -2.50. The molecule has 0 heterocycles. The Morgan fingerprint density at radius 3 is 2.06 bits per heavy atom. The zero-order valence-electron chi connectivity index (χ0n) is 11.2. The van der Waals surface area contributed by atoms with Crippen molar-refractivity contribution in [1.29, 1.82) is 0 Å².